The Hall–Kier alpha value is -2.69. The van der Waals surface area contributed by atoms with Gasteiger partial charge in [0.05, 0.1) is 12.2 Å². The molecule has 162 valence electrons. The minimum Gasteiger partial charge on any atom is -0.508 e. The number of aryl methyl sites for hydroxylation is 1. The van der Waals surface area contributed by atoms with E-state index in [0.717, 1.165) is 37.8 Å². The van der Waals surface area contributed by atoms with Gasteiger partial charge in [-0.1, -0.05) is 19.1 Å². The van der Waals surface area contributed by atoms with Crippen LogP contribution in [0.15, 0.2) is 42.6 Å². The Kier molecular flexibility index (Phi) is 5.07. The minimum absolute atomic E-state index is 0.0627. The number of carbonyl (C=O) groups excluding carboxylic acids is 2. The summed E-state index contributed by atoms with van der Waals surface area (Å²) in [7, 11) is 0. The van der Waals surface area contributed by atoms with E-state index in [4.69, 9.17) is 0 Å². The van der Waals surface area contributed by atoms with Crippen molar-refractivity contribution >= 4 is 11.7 Å². The fourth-order valence-electron chi connectivity index (χ4n) is 6.67. The molecule has 3 aliphatic rings. The van der Waals surface area contributed by atoms with Crippen molar-refractivity contribution in [3.8, 4) is 5.75 Å². The van der Waals surface area contributed by atoms with E-state index in [1.165, 1.54) is 11.1 Å². The van der Waals surface area contributed by atoms with Gasteiger partial charge in [0.2, 0.25) is 5.91 Å². The molecule has 0 unspecified atom stereocenters. The summed E-state index contributed by atoms with van der Waals surface area (Å²) in [4.78, 5) is 30.2. The molecule has 1 aromatic heterocycles. The highest BCUT2D eigenvalue weighted by molar-refractivity contribution is 5.93. The van der Waals surface area contributed by atoms with Crippen LogP contribution in [0.4, 0.5) is 0 Å². The van der Waals surface area contributed by atoms with Gasteiger partial charge in [0.1, 0.15) is 11.5 Å². The van der Waals surface area contributed by atoms with Crippen LogP contribution >= 0.6 is 0 Å². The van der Waals surface area contributed by atoms with Crippen LogP contribution in [-0.4, -0.2) is 21.8 Å². The fraction of sp³-hybridized carbons (Fsp3) is 0.500. The quantitative estimate of drug-likeness (QED) is 0.782. The average molecular weight is 419 g/mol. The van der Waals surface area contributed by atoms with Crippen LogP contribution in [0.2, 0.25) is 0 Å². The maximum Gasteiger partial charge on any atom is 0.221 e. The summed E-state index contributed by atoms with van der Waals surface area (Å²) >= 11 is 0. The number of pyridine rings is 1. The van der Waals surface area contributed by atoms with Crippen LogP contribution in [0.5, 0.6) is 5.75 Å². The molecule has 2 aromatic rings. The van der Waals surface area contributed by atoms with Gasteiger partial charge in [0.15, 0.2) is 0 Å². The van der Waals surface area contributed by atoms with Crippen molar-refractivity contribution in [1.29, 1.82) is 0 Å². The predicted octanol–water partition coefficient (Wildman–Crippen LogP) is 4.15. The fourth-order valence-corrected chi connectivity index (χ4v) is 6.67. The average Bonchev–Trinajstić information content (AvgIpc) is 3.03. The van der Waals surface area contributed by atoms with Crippen LogP contribution in [0.25, 0.3) is 0 Å². The van der Waals surface area contributed by atoms with Crippen molar-refractivity contribution in [3.05, 3.63) is 59.4 Å². The van der Waals surface area contributed by atoms with E-state index in [1.807, 2.05) is 24.3 Å². The molecular weight excluding hydrogens is 388 g/mol. The van der Waals surface area contributed by atoms with E-state index in [-0.39, 0.29) is 23.7 Å². The number of aromatic nitrogens is 1. The zero-order valence-electron chi connectivity index (χ0n) is 18.0. The van der Waals surface area contributed by atoms with Crippen molar-refractivity contribution in [3.63, 3.8) is 0 Å². The number of amides is 1. The second-order valence-corrected chi connectivity index (χ2v) is 9.85. The Morgan fingerprint density at radius 3 is 2.94 bits per heavy atom. The summed E-state index contributed by atoms with van der Waals surface area (Å²) < 4.78 is 0. The summed E-state index contributed by atoms with van der Waals surface area (Å²) in [6.07, 6.45) is 6.74. The first-order chi connectivity index (χ1) is 15.0. The van der Waals surface area contributed by atoms with Gasteiger partial charge in [-0.05, 0) is 85.3 Å². The highest BCUT2D eigenvalue weighted by atomic mass is 16.3. The SMILES string of the molecule is C[C@]12CC[C@@H]3c4ccc(O)cc4CC[C@H]3[C@@H]1C[C@H](CC(=O)NCc1ccccn1)C2=O. The van der Waals surface area contributed by atoms with Gasteiger partial charge < -0.3 is 10.4 Å². The van der Waals surface area contributed by atoms with Gasteiger partial charge in [0.25, 0.3) is 0 Å². The van der Waals surface area contributed by atoms with Crippen molar-refractivity contribution in [1.82, 2.24) is 10.3 Å². The number of fused-ring (bicyclic) bond motifs is 5. The number of hydrogen-bond donors (Lipinski definition) is 2. The monoisotopic (exact) mass is 418 g/mol. The predicted molar refractivity (Wildman–Crippen MR) is 117 cm³/mol. The van der Waals surface area contributed by atoms with Gasteiger partial charge in [-0.15, -0.1) is 0 Å². The van der Waals surface area contributed by atoms with Crippen LogP contribution in [0.3, 0.4) is 0 Å². The number of aromatic hydroxyl groups is 1. The third kappa shape index (κ3) is 3.54. The van der Waals surface area contributed by atoms with Crippen LogP contribution < -0.4 is 5.32 Å². The van der Waals surface area contributed by atoms with Crippen molar-refractivity contribution in [2.24, 2.45) is 23.2 Å². The largest absolute Gasteiger partial charge is 0.508 e. The summed E-state index contributed by atoms with van der Waals surface area (Å²) in [5.41, 5.74) is 3.14. The molecule has 5 atom stereocenters. The molecule has 5 heteroatoms. The third-order valence-electron chi connectivity index (χ3n) is 8.20. The van der Waals surface area contributed by atoms with Gasteiger partial charge >= 0.3 is 0 Å². The van der Waals surface area contributed by atoms with Crippen LogP contribution in [0, 0.1) is 23.2 Å². The number of hydrogen-bond acceptors (Lipinski definition) is 4. The summed E-state index contributed by atoms with van der Waals surface area (Å²) in [5.74, 6) is 1.68. The number of nitrogens with zero attached hydrogens (tertiary/aromatic N) is 1. The Labute approximate surface area is 183 Å². The molecule has 0 aliphatic heterocycles. The minimum atomic E-state index is -0.304. The molecule has 0 saturated heterocycles. The number of carbonyl (C=O) groups is 2. The lowest BCUT2D eigenvalue weighted by atomic mass is 9.55. The number of Topliss-reactive ketones (excluding diaryl/α,β-unsaturated/α-hetero) is 1. The summed E-state index contributed by atoms with van der Waals surface area (Å²) in [5, 5.41) is 12.8. The van der Waals surface area contributed by atoms with E-state index < -0.39 is 0 Å². The maximum atomic E-state index is 13.4. The number of phenols is 1. The maximum absolute atomic E-state index is 13.4. The molecule has 0 spiro atoms. The van der Waals surface area contributed by atoms with Gasteiger partial charge in [-0.3, -0.25) is 14.6 Å². The topological polar surface area (TPSA) is 79.3 Å². The van der Waals surface area contributed by atoms with Crippen LogP contribution in [-0.2, 0) is 22.6 Å². The van der Waals surface area contributed by atoms with E-state index in [9.17, 15) is 14.7 Å². The lowest BCUT2D eigenvalue weighted by Crippen LogP contribution is -2.42. The molecule has 2 saturated carbocycles. The third-order valence-corrected chi connectivity index (χ3v) is 8.20. The molecule has 2 fully saturated rings. The Bertz CT molecular complexity index is 1000. The van der Waals surface area contributed by atoms with Gasteiger partial charge in [0, 0.05) is 24.0 Å². The van der Waals surface area contributed by atoms with Crippen LogP contribution in [0.1, 0.15) is 61.8 Å². The first-order valence-corrected chi connectivity index (χ1v) is 11.5. The number of rotatable bonds is 4. The molecule has 1 heterocycles. The zero-order chi connectivity index (χ0) is 21.6. The highest BCUT2D eigenvalue weighted by Gasteiger charge is 2.58. The molecule has 31 heavy (non-hydrogen) atoms. The van der Waals surface area contributed by atoms with Gasteiger partial charge in [-0.2, -0.15) is 0 Å². The first-order valence-electron chi connectivity index (χ1n) is 11.5. The molecule has 5 rings (SSSR count). The Morgan fingerprint density at radius 2 is 2.13 bits per heavy atom. The molecule has 1 aromatic carbocycles. The smallest absolute Gasteiger partial charge is 0.221 e. The number of ketones is 1. The number of phenolic OH excluding ortho intramolecular Hbond substituents is 1. The molecule has 2 N–H and O–H groups in total. The molecule has 0 bridgehead atoms. The first kappa shape index (κ1) is 20.2. The Balaban J connectivity index is 1.29. The van der Waals surface area contributed by atoms with E-state index >= 15 is 0 Å². The second-order valence-electron chi connectivity index (χ2n) is 9.85. The molecule has 5 nitrogen and oxygen atoms in total. The highest BCUT2D eigenvalue weighted by Crippen LogP contribution is 2.61. The molecule has 3 aliphatic carbocycles. The standard InChI is InChI=1S/C26H30N2O3/c1-26-10-9-21-20-8-6-19(29)12-16(20)5-7-22(21)23(26)13-17(25(26)31)14-24(30)28-15-18-4-2-3-11-27-18/h2-4,6,8,11-12,17,21-23,29H,5,7,9-10,13-15H2,1H3,(H,28,30)/t17-,21-,22-,23+,26+/m1/s1. The number of nitrogens with one attached hydrogen (secondary N) is 1. The normalized spacial score (nSPS) is 31.5. The lowest BCUT2D eigenvalue weighted by Gasteiger charge is -2.48. The summed E-state index contributed by atoms with van der Waals surface area (Å²) in [6.45, 7) is 2.55. The Morgan fingerprint density at radius 1 is 1.26 bits per heavy atom. The van der Waals surface area contributed by atoms with Gasteiger partial charge in [-0.25, -0.2) is 0 Å². The molecule has 0 radical (unpaired) electrons. The van der Waals surface area contributed by atoms with Crippen molar-refractivity contribution < 1.29 is 14.7 Å². The number of benzene rings is 1. The second kappa shape index (κ2) is 7.77. The van der Waals surface area contributed by atoms with Crippen molar-refractivity contribution in [2.45, 2.75) is 57.9 Å². The van der Waals surface area contributed by atoms with E-state index in [0.29, 0.717) is 35.8 Å². The summed E-state index contributed by atoms with van der Waals surface area (Å²) in [6, 6.07) is 11.4. The lowest BCUT2D eigenvalue weighted by molar-refractivity contribution is -0.134. The van der Waals surface area contributed by atoms with E-state index in [1.54, 1.807) is 12.3 Å². The zero-order valence-corrected chi connectivity index (χ0v) is 18.0. The molecule has 1 amide bonds. The van der Waals surface area contributed by atoms with E-state index in [2.05, 4.69) is 23.3 Å². The van der Waals surface area contributed by atoms with Crippen molar-refractivity contribution in [2.75, 3.05) is 0 Å². The molecular formula is C26H30N2O3.